The van der Waals surface area contributed by atoms with Crippen molar-refractivity contribution in [2.75, 3.05) is 42.6 Å². The maximum absolute atomic E-state index is 12.2. The minimum Gasteiger partial charge on any atom is -0.447 e. The summed E-state index contributed by atoms with van der Waals surface area (Å²) in [4.78, 5) is 29.2. The molecule has 30 heavy (non-hydrogen) atoms. The summed E-state index contributed by atoms with van der Waals surface area (Å²) >= 11 is 0. The largest absolute Gasteiger partial charge is 0.447 e. The molecule has 0 saturated carbocycles. The first-order chi connectivity index (χ1) is 14.5. The number of rotatable bonds is 5. The molecule has 0 spiro atoms. The van der Waals surface area contributed by atoms with Gasteiger partial charge in [0.15, 0.2) is 0 Å². The van der Waals surface area contributed by atoms with Crippen LogP contribution in [-0.2, 0) is 11.3 Å². The van der Waals surface area contributed by atoms with Gasteiger partial charge in [-0.1, -0.05) is 30.3 Å². The summed E-state index contributed by atoms with van der Waals surface area (Å²) < 4.78 is 5.08. The minimum absolute atomic E-state index is 0.0256. The van der Waals surface area contributed by atoms with E-state index in [-0.39, 0.29) is 5.69 Å². The number of amides is 1. The van der Waals surface area contributed by atoms with Crippen LogP contribution in [0.15, 0.2) is 48.5 Å². The van der Waals surface area contributed by atoms with E-state index >= 15 is 0 Å². The quantitative estimate of drug-likeness (QED) is 0.553. The first-order valence-electron chi connectivity index (χ1n) is 10.3. The Kier molecular flexibility index (Phi) is 5.85. The molecule has 1 atom stereocenters. The van der Waals surface area contributed by atoms with Crippen molar-refractivity contribution in [2.45, 2.75) is 25.9 Å². The SMILES string of the molecule is CC1CCN(c2ccc([N+](=O)[O-])cc2N2CCOC2=O)CCN1Cc1ccccc1. The van der Waals surface area contributed by atoms with Crippen LogP contribution in [0.1, 0.15) is 18.9 Å². The number of benzene rings is 2. The van der Waals surface area contributed by atoms with Crippen LogP contribution in [0.4, 0.5) is 21.9 Å². The Morgan fingerprint density at radius 2 is 1.87 bits per heavy atom. The van der Waals surface area contributed by atoms with Gasteiger partial charge in [0.2, 0.25) is 0 Å². The molecule has 0 aliphatic carbocycles. The molecule has 0 bridgehead atoms. The van der Waals surface area contributed by atoms with E-state index in [0.29, 0.717) is 24.9 Å². The summed E-state index contributed by atoms with van der Waals surface area (Å²) in [6.07, 6.45) is 0.513. The topological polar surface area (TPSA) is 79.2 Å². The van der Waals surface area contributed by atoms with Gasteiger partial charge in [0.25, 0.3) is 5.69 Å². The zero-order valence-corrected chi connectivity index (χ0v) is 17.1. The van der Waals surface area contributed by atoms with Gasteiger partial charge in [-0.3, -0.25) is 19.9 Å². The van der Waals surface area contributed by atoms with Crippen LogP contribution in [0.5, 0.6) is 0 Å². The normalized spacial score (nSPS) is 20.2. The lowest BCUT2D eigenvalue weighted by Crippen LogP contribution is -2.34. The number of nitro benzene ring substituents is 1. The van der Waals surface area contributed by atoms with E-state index in [1.165, 1.54) is 22.6 Å². The summed E-state index contributed by atoms with van der Waals surface area (Å²) in [7, 11) is 0. The van der Waals surface area contributed by atoms with Crippen molar-refractivity contribution in [3.8, 4) is 0 Å². The molecule has 0 radical (unpaired) electrons. The maximum atomic E-state index is 12.2. The first-order valence-corrected chi connectivity index (χ1v) is 10.3. The lowest BCUT2D eigenvalue weighted by Gasteiger charge is -2.28. The van der Waals surface area contributed by atoms with Gasteiger partial charge in [-0.05, 0) is 25.0 Å². The fourth-order valence-electron chi connectivity index (χ4n) is 4.12. The number of anilines is 2. The van der Waals surface area contributed by atoms with Crippen molar-refractivity contribution in [3.05, 3.63) is 64.2 Å². The van der Waals surface area contributed by atoms with Gasteiger partial charge in [0.05, 0.1) is 22.8 Å². The Bertz CT molecular complexity index is 921. The van der Waals surface area contributed by atoms with E-state index in [1.54, 1.807) is 6.07 Å². The Morgan fingerprint density at radius 1 is 1.07 bits per heavy atom. The standard InChI is InChI=1S/C22H26N4O4/c1-17-9-10-23(11-12-24(17)16-18-5-3-2-4-6-18)20-8-7-19(26(28)29)15-21(20)25-13-14-30-22(25)27/h2-8,15,17H,9-14,16H2,1H3. The van der Waals surface area contributed by atoms with E-state index in [2.05, 4.69) is 41.0 Å². The lowest BCUT2D eigenvalue weighted by molar-refractivity contribution is -0.384. The molecule has 8 heteroatoms. The number of carbonyl (C=O) groups excluding carboxylic acids is 1. The van der Waals surface area contributed by atoms with Crippen molar-refractivity contribution in [1.29, 1.82) is 0 Å². The van der Waals surface area contributed by atoms with Gasteiger partial charge in [-0.25, -0.2) is 4.79 Å². The summed E-state index contributed by atoms with van der Waals surface area (Å²) in [5.41, 5.74) is 2.65. The number of ether oxygens (including phenoxy) is 1. The second kappa shape index (κ2) is 8.71. The third-order valence-electron chi connectivity index (χ3n) is 5.89. The van der Waals surface area contributed by atoms with Crippen molar-refractivity contribution in [3.63, 3.8) is 0 Å². The van der Waals surface area contributed by atoms with Gasteiger partial charge >= 0.3 is 6.09 Å². The molecule has 2 heterocycles. The summed E-state index contributed by atoms with van der Waals surface area (Å²) in [5, 5.41) is 11.3. The number of hydrogen-bond acceptors (Lipinski definition) is 6. The smallest absolute Gasteiger partial charge is 0.414 e. The van der Waals surface area contributed by atoms with Crippen LogP contribution in [0, 0.1) is 10.1 Å². The Labute approximate surface area is 175 Å². The minimum atomic E-state index is -0.453. The molecule has 2 aliphatic rings. The van der Waals surface area contributed by atoms with Crippen molar-refractivity contribution >= 4 is 23.2 Å². The molecule has 1 amide bonds. The highest BCUT2D eigenvalue weighted by molar-refractivity contribution is 5.94. The molecular weight excluding hydrogens is 384 g/mol. The summed E-state index contributed by atoms with van der Waals surface area (Å²) in [5.74, 6) is 0. The Balaban J connectivity index is 1.57. The average Bonchev–Trinajstić information content (AvgIpc) is 3.10. The van der Waals surface area contributed by atoms with Crippen molar-refractivity contribution in [1.82, 2.24) is 4.90 Å². The molecule has 158 valence electrons. The Morgan fingerprint density at radius 3 is 2.57 bits per heavy atom. The van der Waals surface area contributed by atoms with Gasteiger partial charge in [-0.2, -0.15) is 0 Å². The highest BCUT2D eigenvalue weighted by atomic mass is 16.6. The third-order valence-corrected chi connectivity index (χ3v) is 5.89. The number of carbonyl (C=O) groups is 1. The second-order valence-electron chi connectivity index (χ2n) is 7.78. The molecule has 2 aromatic carbocycles. The monoisotopic (exact) mass is 410 g/mol. The lowest BCUT2D eigenvalue weighted by atomic mass is 10.1. The number of nitrogens with zero attached hydrogens (tertiary/aromatic N) is 4. The fraction of sp³-hybridized carbons (Fsp3) is 0.409. The van der Waals surface area contributed by atoms with Gasteiger partial charge in [0.1, 0.15) is 6.61 Å². The van der Waals surface area contributed by atoms with Gasteiger partial charge < -0.3 is 9.64 Å². The van der Waals surface area contributed by atoms with E-state index in [0.717, 1.165) is 38.3 Å². The van der Waals surface area contributed by atoms with Gasteiger partial charge in [-0.15, -0.1) is 0 Å². The molecule has 1 unspecified atom stereocenters. The maximum Gasteiger partial charge on any atom is 0.414 e. The van der Waals surface area contributed by atoms with Crippen molar-refractivity contribution in [2.24, 2.45) is 0 Å². The molecule has 8 nitrogen and oxygen atoms in total. The van der Waals surface area contributed by atoms with Crippen LogP contribution in [0.3, 0.4) is 0 Å². The zero-order valence-electron chi connectivity index (χ0n) is 17.1. The molecule has 0 aromatic heterocycles. The van der Waals surface area contributed by atoms with Crippen LogP contribution in [0.25, 0.3) is 0 Å². The van der Waals surface area contributed by atoms with Gasteiger partial charge in [0, 0.05) is 44.4 Å². The number of hydrogen-bond donors (Lipinski definition) is 0. The molecule has 2 aliphatic heterocycles. The van der Waals surface area contributed by atoms with Crippen LogP contribution >= 0.6 is 0 Å². The van der Waals surface area contributed by atoms with E-state index in [1.807, 2.05) is 6.07 Å². The molecule has 2 fully saturated rings. The van der Waals surface area contributed by atoms with Crippen molar-refractivity contribution < 1.29 is 14.5 Å². The van der Waals surface area contributed by atoms with E-state index in [4.69, 9.17) is 4.74 Å². The fourth-order valence-corrected chi connectivity index (χ4v) is 4.12. The second-order valence-corrected chi connectivity index (χ2v) is 7.78. The third kappa shape index (κ3) is 4.23. The number of cyclic esters (lactones) is 1. The highest BCUT2D eigenvalue weighted by Crippen LogP contribution is 2.35. The van der Waals surface area contributed by atoms with Crippen LogP contribution < -0.4 is 9.80 Å². The molecule has 4 rings (SSSR count). The van der Waals surface area contributed by atoms with Crippen LogP contribution in [0.2, 0.25) is 0 Å². The summed E-state index contributed by atoms with van der Waals surface area (Å²) in [6, 6.07) is 15.6. The number of non-ortho nitro benzene ring substituents is 1. The van der Waals surface area contributed by atoms with Crippen LogP contribution in [-0.4, -0.2) is 54.7 Å². The zero-order chi connectivity index (χ0) is 21.1. The first kappa shape index (κ1) is 20.2. The molecular formula is C22H26N4O4. The highest BCUT2D eigenvalue weighted by Gasteiger charge is 2.30. The predicted molar refractivity (Wildman–Crippen MR) is 115 cm³/mol. The molecule has 2 saturated heterocycles. The van der Waals surface area contributed by atoms with E-state index in [9.17, 15) is 14.9 Å². The number of nitro groups is 1. The summed E-state index contributed by atoms with van der Waals surface area (Å²) in [6.45, 7) is 6.30. The molecule has 0 N–H and O–H groups in total. The predicted octanol–water partition coefficient (Wildman–Crippen LogP) is 3.65. The molecule has 2 aromatic rings. The Hall–Kier alpha value is -3.13. The van der Waals surface area contributed by atoms with E-state index < -0.39 is 11.0 Å². The average molecular weight is 410 g/mol.